The second-order valence-corrected chi connectivity index (χ2v) is 9.21. The van der Waals surface area contributed by atoms with Crippen LogP contribution in [0.5, 0.6) is 0 Å². The van der Waals surface area contributed by atoms with E-state index in [2.05, 4.69) is 10.6 Å². The molecule has 9 nitrogen and oxygen atoms in total. The van der Waals surface area contributed by atoms with E-state index in [-0.39, 0.29) is 37.7 Å². The quantitative estimate of drug-likeness (QED) is 0.122. The molecular weight excluding hydrogens is 500 g/mol. The summed E-state index contributed by atoms with van der Waals surface area (Å²) in [4.78, 5) is 51.1. The maximum Gasteiger partial charge on any atom is 0.408 e. The highest BCUT2D eigenvalue weighted by atomic mass is 16.6. The Hall–Kier alpha value is -4.14. The first-order valence-corrected chi connectivity index (χ1v) is 13.1. The zero-order chi connectivity index (χ0) is 28.6. The Morgan fingerprint density at radius 1 is 0.769 bits per heavy atom. The minimum absolute atomic E-state index is 0.0491. The first-order chi connectivity index (χ1) is 18.7. The number of nitrogens with one attached hydrogen (secondary N) is 2. The molecular formula is C30H38N2O7. The molecule has 2 rings (SSSR count). The van der Waals surface area contributed by atoms with Gasteiger partial charge in [-0.2, -0.15) is 0 Å². The molecule has 2 amide bonds. The molecule has 2 atom stereocenters. The van der Waals surface area contributed by atoms with Gasteiger partial charge in [-0.1, -0.05) is 74.5 Å². The summed E-state index contributed by atoms with van der Waals surface area (Å²) < 4.78 is 15.4. The van der Waals surface area contributed by atoms with E-state index in [1.807, 2.05) is 74.5 Å². The number of hydrogen-bond donors (Lipinski definition) is 2. The van der Waals surface area contributed by atoms with E-state index in [1.54, 1.807) is 13.8 Å². The summed E-state index contributed by atoms with van der Waals surface area (Å²) in [5.41, 5.74) is 1.35. The lowest BCUT2D eigenvalue weighted by Crippen LogP contribution is -2.50. The number of esters is 2. The maximum atomic E-state index is 13.5. The predicted octanol–water partition coefficient (Wildman–Crippen LogP) is 4.11. The maximum absolute atomic E-state index is 13.5. The van der Waals surface area contributed by atoms with Crippen LogP contribution in [0.1, 0.15) is 45.2 Å². The van der Waals surface area contributed by atoms with Crippen molar-refractivity contribution in [3.63, 3.8) is 0 Å². The molecule has 0 bridgehead atoms. The van der Waals surface area contributed by atoms with Crippen LogP contribution >= 0.6 is 0 Å². The molecule has 2 aromatic carbocycles. The third-order valence-corrected chi connectivity index (χ3v) is 5.52. The van der Waals surface area contributed by atoms with Gasteiger partial charge in [0.25, 0.3) is 0 Å². The third kappa shape index (κ3) is 11.4. The number of alkyl carbamates (subject to hydrolysis) is 1. The van der Waals surface area contributed by atoms with Gasteiger partial charge >= 0.3 is 18.0 Å². The largest absolute Gasteiger partial charge is 0.462 e. The van der Waals surface area contributed by atoms with E-state index in [1.165, 1.54) is 6.08 Å². The number of ether oxygens (including phenoxy) is 3. The highest BCUT2D eigenvalue weighted by Gasteiger charge is 2.27. The minimum Gasteiger partial charge on any atom is -0.462 e. The van der Waals surface area contributed by atoms with Crippen LogP contribution < -0.4 is 10.6 Å². The predicted molar refractivity (Wildman–Crippen MR) is 146 cm³/mol. The fraction of sp³-hybridized carbons (Fsp3) is 0.400. The number of hydrogen-bond acceptors (Lipinski definition) is 7. The van der Waals surface area contributed by atoms with E-state index >= 15 is 0 Å². The Morgan fingerprint density at radius 2 is 1.31 bits per heavy atom. The summed E-state index contributed by atoms with van der Waals surface area (Å²) in [7, 11) is 0. The van der Waals surface area contributed by atoms with Crippen molar-refractivity contribution in [2.45, 2.75) is 59.2 Å². The smallest absolute Gasteiger partial charge is 0.408 e. The first-order valence-electron chi connectivity index (χ1n) is 13.1. The van der Waals surface area contributed by atoms with Gasteiger partial charge in [0, 0.05) is 12.5 Å². The van der Waals surface area contributed by atoms with Crippen molar-refractivity contribution in [1.29, 1.82) is 0 Å². The van der Waals surface area contributed by atoms with Gasteiger partial charge in [0.05, 0.1) is 13.2 Å². The molecule has 0 aliphatic rings. The topological polar surface area (TPSA) is 120 Å². The Kier molecular flexibility index (Phi) is 13.3. The van der Waals surface area contributed by atoms with Crippen LogP contribution in [0.3, 0.4) is 0 Å². The molecule has 0 aromatic heterocycles. The number of rotatable bonds is 14. The molecule has 39 heavy (non-hydrogen) atoms. The second-order valence-electron chi connectivity index (χ2n) is 9.21. The summed E-state index contributed by atoms with van der Waals surface area (Å²) >= 11 is 0. The standard InChI is InChI=1S/C30H38N2O7/c1-5-37-28(34)25(29(35)38-6-2)19-24(17-21(3)4)31-27(33)26(18-22-13-9-7-10-14-22)32-30(36)39-20-23-15-11-8-12-16-23/h7-16,19,21,24,26H,5-6,17-18,20H2,1-4H3,(H,31,33)(H,32,36)/t24-,26-/m0/s1. The van der Waals surface area contributed by atoms with Crippen LogP contribution in [-0.2, 0) is 41.6 Å². The van der Waals surface area contributed by atoms with Crippen molar-refractivity contribution in [2.75, 3.05) is 13.2 Å². The Balaban J connectivity index is 2.26. The molecule has 0 spiro atoms. The second kappa shape index (κ2) is 16.7. The number of amides is 2. The van der Waals surface area contributed by atoms with Crippen molar-refractivity contribution in [3.8, 4) is 0 Å². The van der Waals surface area contributed by atoms with Gasteiger partial charge in [-0.15, -0.1) is 0 Å². The monoisotopic (exact) mass is 538 g/mol. The van der Waals surface area contributed by atoms with Crippen LogP contribution in [0.2, 0.25) is 0 Å². The molecule has 0 heterocycles. The van der Waals surface area contributed by atoms with E-state index in [0.717, 1.165) is 11.1 Å². The Labute approximate surface area is 229 Å². The van der Waals surface area contributed by atoms with Crippen molar-refractivity contribution < 1.29 is 33.4 Å². The fourth-order valence-corrected chi connectivity index (χ4v) is 3.76. The minimum atomic E-state index is -0.979. The number of benzene rings is 2. The zero-order valence-electron chi connectivity index (χ0n) is 23.0. The number of carbonyl (C=O) groups excluding carboxylic acids is 4. The lowest BCUT2D eigenvalue weighted by Gasteiger charge is -2.23. The Morgan fingerprint density at radius 3 is 1.82 bits per heavy atom. The van der Waals surface area contributed by atoms with Gasteiger partial charge in [-0.3, -0.25) is 4.79 Å². The normalized spacial score (nSPS) is 12.0. The Bertz CT molecular complexity index is 1080. The molecule has 0 radical (unpaired) electrons. The third-order valence-electron chi connectivity index (χ3n) is 5.52. The molecule has 210 valence electrons. The van der Waals surface area contributed by atoms with Gasteiger partial charge in [0.2, 0.25) is 5.91 Å². The van der Waals surface area contributed by atoms with Gasteiger partial charge in [0.1, 0.15) is 18.2 Å². The zero-order valence-corrected chi connectivity index (χ0v) is 23.0. The van der Waals surface area contributed by atoms with Gasteiger partial charge in [0.15, 0.2) is 0 Å². The highest BCUT2D eigenvalue weighted by molar-refractivity contribution is 6.14. The van der Waals surface area contributed by atoms with E-state index in [0.29, 0.717) is 6.42 Å². The van der Waals surface area contributed by atoms with E-state index in [4.69, 9.17) is 14.2 Å². The van der Waals surface area contributed by atoms with Crippen molar-refractivity contribution >= 4 is 23.9 Å². The van der Waals surface area contributed by atoms with Crippen LogP contribution in [0.15, 0.2) is 72.3 Å². The summed E-state index contributed by atoms with van der Waals surface area (Å²) in [6.07, 6.45) is 1.24. The first kappa shape index (κ1) is 31.1. The van der Waals surface area contributed by atoms with Crippen molar-refractivity contribution in [3.05, 3.63) is 83.4 Å². The van der Waals surface area contributed by atoms with Crippen molar-refractivity contribution in [1.82, 2.24) is 10.6 Å². The molecule has 0 saturated heterocycles. The molecule has 0 fully saturated rings. The molecule has 9 heteroatoms. The van der Waals surface area contributed by atoms with Gasteiger partial charge in [-0.25, -0.2) is 14.4 Å². The molecule has 0 aliphatic heterocycles. The van der Waals surface area contributed by atoms with E-state index in [9.17, 15) is 19.2 Å². The summed E-state index contributed by atoms with van der Waals surface area (Å²) in [6, 6.07) is 16.7. The van der Waals surface area contributed by atoms with Gasteiger partial charge < -0.3 is 24.8 Å². The lowest BCUT2D eigenvalue weighted by molar-refractivity contribution is -0.146. The highest BCUT2D eigenvalue weighted by Crippen LogP contribution is 2.13. The molecule has 0 saturated carbocycles. The number of carbonyl (C=O) groups is 4. The molecule has 2 aromatic rings. The molecule has 0 unspecified atom stereocenters. The van der Waals surface area contributed by atoms with Crippen LogP contribution in [0.25, 0.3) is 0 Å². The van der Waals surface area contributed by atoms with Crippen LogP contribution in [-0.4, -0.2) is 49.2 Å². The average molecular weight is 539 g/mol. The van der Waals surface area contributed by atoms with E-state index < -0.39 is 36.0 Å². The summed E-state index contributed by atoms with van der Waals surface area (Å²) in [6.45, 7) is 7.35. The van der Waals surface area contributed by atoms with Gasteiger partial charge in [-0.05, 0) is 43.4 Å². The SMILES string of the molecule is CCOC(=O)C(=C[C@H](CC(C)C)NC(=O)[C@H](Cc1ccccc1)NC(=O)OCc1ccccc1)C(=O)OCC. The van der Waals surface area contributed by atoms with Crippen LogP contribution in [0.4, 0.5) is 4.79 Å². The lowest BCUT2D eigenvalue weighted by atomic mass is 9.99. The fourth-order valence-electron chi connectivity index (χ4n) is 3.76. The summed E-state index contributed by atoms with van der Waals surface area (Å²) in [5.74, 6) is -2.05. The average Bonchev–Trinajstić information content (AvgIpc) is 2.91. The molecule has 2 N–H and O–H groups in total. The molecule has 0 aliphatic carbocycles. The summed E-state index contributed by atoms with van der Waals surface area (Å²) in [5, 5.41) is 5.53. The van der Waals surface area contributed by atoms with Crippen molar-refractivity contribution in [2.24, 2.45) is 5.92 Å². The van der Waals surface area contributed by atoms with Crippen LogP contribution in [0, 0.1) is 5.92 Å².